The van der Waals surface area contributed by atoms with E-state index in [9.17, 15) is 0 Å². The van der Waals surface area contributed by atoms with Crippen molar-refractivity contribution in [3.63, 3.8) is 0 Å². The first-order valence-corrected chi connectivity index (χ1v) is 7.06. The van der Waals surface area contributed by atoms with Crippen molar-refractivity contribution in [2.75, 3.05) is 13.1 Å². The van der Waals surface area contributed by atoms with E-state index in [4.69, 9.17) is 0 Å². The molecule has 0 spiro atoms. The van der Waals surface area contributed by atoms with Gasteiger partial charge in [0.05, 0.1) is 0 Å². The standard InChI is InChI=1S/C14H32N2/c1-6-8-9-14(7-2)11-16-13(5)10-15-12(3)4/h12-16H,6-11H2,1-5H3. The number of unbranched alkanes of at least 4 members (excludes halogenated alkanes) is 1. The summed E-state index contributed by atoms with van der Waals surface area (Å²) < 4.78 is 0. The van der Waals surface area contributed by atoms with Crippen LogP contribution in [0.2, 0.25) is 0 Å². The smallest absolute Gasteiger partial charge is 0.0164 e. The van der Waals surface area contributed by atoms with E-state index in [1.54, 1.807) is 0 Å². The Bertz CT molecular complexity index is 146. The molecule has 0 bridgehead atoms. The van der Waals surface area contributed by atoms with Crippen LogP contribution in [0.4, 0.5) is 0 Å². The summed E-state index contributed by atoms with van der Waals surface area (Å²) in [6, 6.07) is 1.17. The van der Waals surface area contributed by atoms with E-state index in [2.05, 4.69) is 45.3 Å². The number of rotatable bonds is 10. The molecule has 2 atom stereocenters. The van der Waals surface area contributed by atoms with Gasteiger partial charge in [0.15, 0.2) is 0 Å². The highest BCUT2D eigenvalue weighted by atomic mass is 15.0. The zero-order valence-corrected chi connectivity index (χ0v) is 12.0. The molecule has 0 saturated heterocycles. The van der Waals surface area contributed by atoms with Gasteiger partial charge in [-0.05, 0) is 25.8 Å². The molecule has 0 heterocycles. The van der Waals surface area contributed by atoms with Crippen molar-refractivity contribution in [2.45, 2.75) is 72.4 Å². The third-order valence-corrected chi connectivity index (χ3v) is 3.13. The van der Waals surface area contributed by atoms with Crippen molar-refractivity contribution >= 4 is 0 Å². The molecule has 0 aromatic carbocycles. The molecule has 0 aromatic rings. The Morgan fingerprint density at radius 2 is 1.62 bits per heavy atom. The van der Waals surface area contributed by atoms with Crippen molar-refractivity contribution < 1.29 is 0 Å². The summed E-state index contributed by atoms with van der Waals surface area (Å²) in [7, 11) is 0. The highest BCUT2D eigenvalue weighted by molar-refractivity contribution is 4.69. The largest absolute Gasteiger partial charge is 0.313 e. The Morgan fingerprint density at radius 3 is 2.12 bits per heavy atom. The molecule has 16 heavy (non-hydrogen) atoms. The first kappa shape index (κ1) is 15.9. The molecule has 0 rings (SSSR count). The van der Waals surface area contributed by atoms with Gasteiger partial charge in [-0.3, -0.25) is 0 Å². The zero-order chi connectivity index (χ0) is 12.4. The summed E-state index contributed by atoms with van der Waals surface area (Å²) in [4.78, 5) is 0. The highest BCUT2D eigenvalue weighted by Crippen LogP contribution is 2.11. The van der Waals surface area contributed by atoms with Gasteiger partial charge in [-0.25, -0.2) is 0 Å². The Kier molecular flexibility index (Phi) is 10.0. The maximum Gasteiger partial charge on any atom is 0.0164 e. The molecular weight excluding hydrogens is 196 g/mol. The molecule has 2 nitrogen and oxygen atoms in total. The zero-order valence-electron chi connectivity index (χ0n) is 12.0. The average molecular weight is 228 g/mol. The van der Waals surface area contributed by atoms with Crippen LogP contribution in [0, 0.1) is 5.92 Å². The lowest BCUT2D eigenvalue weighted by atomic mass is 9.99. The lowest BCUT2D eigenvalue weighted by Crippen LogP contribution is -2.40. The highest BCUT2D eigenvalue weighted by Gasteiger charge is 2.08. The SMILES string of the molecule is CCCCC(CC)CNC(C)CNC(C)C. The van der Waals surface area contributed by atoms with Crippen LogP contribution in [0.3, 0.4) is 0 Å². The molecule has 0 aliphatic heterocycles. The first-order valence-electron chi connectivity index (χ1n) is 7.06. The van der Waals surface area contributed by atoms with Gasteiger partial charge >= 0.3 is 0 Å². The Hall–Kier alpha value is -0.0800. The fraction of sp³-hybridized carbons (Fsp3) is 1.00. The minimum Gasteiger partial charge on any atom is -0.313 e. The molecule has 0 saturated carbocycles. The van der Waals surface area contributed by atoms with Gasteiger partial charge in [0.2, 0.25) is 0 Å². The van der Waals surface area contributed by atoms with Crippen molar-refractivity contribution in [2.24, 2.45) is 5.92 Å². The topological polar surface area (TPSA) is 24.1 Å². The Balaban J connectivity index is 3.57. The van der Waals surface area contributed by atoms with Gasteiger partial charge < -0.3 is 10.6 Å². The molecule has 2 heteroatoms. The predicted octanol–water partition coefficient (Wildman–Crippen LogP) is 3.18. The minimum absolute atomic E-state index is 0.582. The predicted molar refractivity (Wildman–Crippen MR) is 73.9 cm³/mol. The van der Waals surface area contributed by atoms with Crippen LogP contribution < -0.4 is 10.6 Å². The molecule has 0 fully saturated rings. The van der Waals surface area contributed by atoms with E-state index in [1.165, 1.54) is 32.2 Å². The summed E-state index contributed by atoms with van der Waals surface area (Å²) in [5.41, 5.74) is 0. The number of hydrogen-bond acceptors (Lipinski definition) is 2. The summed E-state index contributed by atoms with van der Waals surface area (Å²) in [5.74, 6) is 0.862. The molecule has 2 N–H and O–H groups in total. The van der Waals surface area contributed by atoms with Gasteiger partial charge in [-0.15, -0.1) is 0 Å². The van der Waals surface area contributed by atoms with Crippen LogP contribution in [-0.2, 0) is 0 Å². The van der Waals surface area contributed by atoms with Crippen molar-refractivity contribution in [3.8, 4) is 0 Å². The normalized spacial score (nSPS) is 15.4. The summed E-state index contributed by atoms with van der Waals surface area (Å²) in [6.07, 6.45) is 5.38. The van der Waals surface area contributed by atoms with E-state index in [0.29, 0.717) is 12.1 Å². The fourth-order valence-corrected chi connectivity index (χ4v) is 1.80. The van der Waals surface area contributed by atoms with Crippen LogP contribution in [0.25, 0.3) is 0 Å². The maximum atomic E-state index is 3.64. The molecule has 0 aromatic heterocycles. The molecular formula is C14H32N2. The van der Waals surface area contributed by atoms with E-state index < -0.39 is 0 Å². The Labute approximate surface area is 103 Å². The van der Waals surface area contributed by atoms with Gasteiger partial charge in [-0.1, -0.05) is 47.0 Å². The first-order chi connectivity index (χ1) is 7.60. The van der Waals surface area contributed by atoms with Crippen LogP contribution in [-0.4, -0.2) is 25.2 Å². The third-order valence-electron chi connectivity index (χ3n) is 3.13. The van der Waals surface area contributed by atoms with Gasteiger partial charge in [0, 0.05) is 18.6 Å². The second kappa shape index (κ2) is 10.1. The van der Waals surface area contributed by atoms with Gasteiger partial charge in [-0.2, -0.15) is 0 Å². The quantitative estimate of drug-likeness (QED) is 0.600. The lowest BCUT2D eigenvalue weighted by molar-refractivity contribution is 0.383. The second-order valence-corrected chi connectivity index (χ2v) is 5.29. The fourth-order valence-electron chi connectivity index (χ4n) is 1.80. The molecule has 0 amide bonds. The van der Waals surface area contributed by atoms with Crippen molar-refractivity contribution in [1.29, 1.82) is 0 Å². The van der Waals surface area contributed by atoms with Gasteiger partial charge in [0.1, 0.15) is 0 Å². The third kappa shape index (κ3) is 9.17. The second-order valence-electron chi connectivity index (χ2n) is 5.29. The summed E-state index contributed by atoms with van der Waals surface area (Å²) in [5, 5.41) is 7.10. The minimum atomic E-state index is 0.582. The lowest BCUT2D eigenvalue weighted by Gasteiger charge is -2.20. The van der Waals surface area contributed by atoms with Crippen LogP contribution in [0.1, 0.15) is 60.3 Å². The maximum absolute atomic E-state index is 3.64. The number of hydrogen-bond donors (Lipinski definition) is 2. The molecule has 0 aliphatic rings. The van der Waals surface area contributed by atoms with E-state index in [1.807, 2.05) is 0 Å². The van der Waals surface area contributed by atoms with E-state index >= 15 is 0 Å². The monoisotopic (exact) mass is 228 g/mol. The molecule has 0 radical (unpaired) electrons. The van der Waals surface area contributed by atoms with Crippen molar-refractivity contribution in [1.82, 2.24) is 10.6 Å². The van der Waals surface area contributed by atoms with Crippen LogP contribution >= 0.6 is 0 Å². The molecule has 2 unspecified atom stereocenters. The summed E-state index contributed by atoms with van der Waals surface area (Å²) >= 11 is 0. The van der Waals surface area contributed by atoms with E-state index in [-0.39, 0.29) is 0 Å². The van der Waals surface area contributed by atoms with E-state index in [0.717, 1.165) is 12.5 Å². The molecule has 98 valence electrons. The Morgan fingerprint density at radius 1 is 0.938 bits per heavy atom. The molecule has 0 aliphatic carbocycles. The summed E-state index contributed by atoms with van der Waals surface area (Å²) in [6.45, 7) is 13.5. The number of nitrogens with one attached hydrogen (secondary N) is 2. The average Bonchev–Trinajstić information content (AvgIpc) is 2.26. The van der Waals surface area contributed by atoms with Crippen molar-refractivity contribution in [3.05, 3.63) is 0 Å². The van der Waals surface area contributed by atoms with Crippen LogP contribution in [0.15, 0.2) is 0 Å². The van der Waals surface area contributed by atoms with Gasteiger partial charge in [0.25, 0.3) is 0 Å². The van der Waals surface area contributed by atoms with Crippen LogP contribution in [0.5, 0.6) is 0 Å².